The Kier molecular flexibility index (Phi) is 7.57. The zero-order chi connectivity index (χ0) is 27.2. The molecule has 5 rings (SSSR count). The van der Waals surface area contributed by atoms with Crippen molar-refractivity contribution in [3.63, 3.8) is 0 Å². The predicted molar refractivity (Wildman–Crippen MR) is 138 cm³/mol. The van der Waals surface area contributed by atoms with Gasteiger partial charge in [0.05, 0.1) is 18.7 Å². The van der Waals surface area contributed by atoms with Gasteiger partial charge in [-0.15, -0.1) is 0 Å². The maximum absolute atomic E-state index is 15.8. The summed E-state index contributed by atoms with van der Waals surface area (Å²) >= 11 is 0. The van der Waals surface area contributed by atoms with Crippen molar-refractivity contribution in [3.8, 4) is 0 Å². The molecule has 1 aromatic heterocycles. The summed E-state index contributed by atoms with van der Waals surface area (Å²) in [5, 5.41) is 21.0. The second-order valence-corrected chi connectivity index (χ2v) is 10.9. The minimum atomic E-state index is -3.45. The SMILES string of the molecule is CCCCN1CC([C@H](O)c2cc(F)c([C@@H]3c4cc5ccccc5n4C[C@@H](C)N3CC(F)(F)CO)c(F)c2)C1. The lowest BCUT2D eigenvalue weighted by atomic mass is 9.87. The molecule has 206 valence electrons. The van der Waals surface area contributed by atoms with Crippen molar-refractivity contribution in [1.82, 2.24) is 14.4 Å². The average Bonchev–Trinajstić information content (AvgIpc) is 3.22. The predicted octanol–water partition coefficient (Wildman–Crippen LogP) is 5.11. The molecule has 2 aliphatic heterocycles. The highest BCUT2D eigenvalue weighted by molar-refractivity contribution is 5.82. The molecule has 9 heteroatoms. The number of unbranched alkanes of at least 4 members (excludes halogenated alkanes) is 1. The van der Waals surface area contributed by atoms with Crippen LogP contribution in [0.1, 0.15) is 55.7 Å². The number of benzene rings is 2. The van der Waals surface area contributed by atoms with E-state index in [9.17, 15) is 19.0 Å². The number of hydrogen-bond acceptors (Lipinski definition) is 4. The second kappa shape index (κ2) is 10.6. The van der Waals surface area contributed by atoms with E-state index in [1.165, 1.54) is 4.90 Å². The summed E-state index contributed by atoms with van der Waals surface area (Å²) in [6.07, 6.45) is 1.11. The van der Waals surface area contributed by atoms with E-state index < -0.39 is 48.9 Å². The first-order valence-corrected chi connectivity index (χ1v) is 13.4. The van der Waals surface area contributed by atoms with E-state index in [0.29, 0.717) is 25.3 Å². The van der Waals surface area contributed by atoms with Crippen LogP contribution in [0.4, 0.5) is 17.6 Å². The molecule has 3 heterocycles. The van der Waals surface area contributed by atoms with Gasteiger partial charge in [-0.25, -0.2) is 17.6 Å². The Morgan fingerprint density at radius 3 is 2.39 bits per heavy atom. The number of hydrogen-bond donors (Lipinski definition) is 2. The van der Waals surface area contributed by atoms with Crippen molar-refractivity contribution in [3.05, 3.63) is 70.9 Å². The fraction of sp³-hybridized carbons (Fsp3) is 0.517. The molecule has 0 amide bonds. The molecule has 5 nitrogen and oxygen atoms in total. The standard InChI is InChI=1S/C29H35F4N3O2/c1-3-4-9-34-14-21(15-34)28(38)20-10-22(30)26(23(31)11-20)27-25-12-19-7-5-6-8-24(19)35(25)13-18(2)36(27)16-29(32,33)17-37/h5-8,10-12,18,21,27-28,37-38H,3-4,9,13-17H2,1-2H3/t18-,27+,28-/m1/s1. The Balaban J connectivity index is 1.53. The lowest BCUT2D eigenvalue weighted by Gasteiger charge is -2.43. The number of nitrogens with zero attached hydrogens (tertiary/aromatic N) is 3. The van der Waals surface area contributed by atoms with E-state index in [2.05, 4.69) is 11.8 Å². The first kappa shape index (κ1) is 27.1. The second-order valence-electron chi connectivity index (χ2n) is 10.9. The summed E-state index contributed by atoms with van der Waals surface area (Å²) in [6, 6.07) is 9.94. The van der Waals surface area contributed by atoms with Gasteiger partial charge in [-0.3, -0.25) is 4.90 Å². The molecule has 0 aliphatic carbocycles. The molecular formula is C29H35F4N3O2. The molecule has 1 saturated heterocycles. The molecule has 0 unspecified atom stereocenters. The largest absolute Gasteiger partial charge is 0.390 e. The van der Waals surface area contributed by atoms with Crippen LogP contribution in [0, 0.1) is 17.6 Å². The molecular weight excluding hydrogens is 498 g/mol. The number of aliphatic hydroxyl groups is 2. The zero-order valence-corrected chi connectivity index (χ0v) is 21.8. The molecule has 38 heavy (non-hydrogen) atoms. The minimum absolute atomic E-state index is 0.117. The van der Waals surface area contributed by atoms with E-state index in [0.717, 1.165) is 42.4 Å². The Bertz CT molecular complexity index is 1270. The van der Waals surface area contributed by atoms with Crippen molar-refractivity contribution in [2.75, 3.05) is 32.8 Å². The molecule has 0 bridgehead atoms. The van der Waals surface area contributed by atoms with Gasteiger partial charge in [0.2, 0.25) is 0 Å². The van der Waals surface area contributed by atoms with Crippen LogP contribution in [0.3, 0.4) is 0 Å². The number of aromatic nitrogens is 1. The summed E-state index contributed by atoms with van der Waals surface area (Å²) in [5.41, 5.74) is 1.19. The minimum Gasteiger partial charge on any atom is -0.390 e. The fourth-order valence-electron chi connectivity index (χ4n) is 6.02. The highest BCUT2D eigenvalue weighted by atomic mass is 19.3. The first-order valence-electron chi connectivity index (χ1n) is 13.4. The number of halogens is 4. The quantitative estimate of drug-likeness (QED) is 0.376. The van der Waals surface area contributed by atoms with Gasteiger partial charge in [0.15, 0.2) is 0 Å². The van der Waals surface area contributed by atoms with Crippen LogP contribution in [-0.2, 0) is 6.54 Å². The smallest absolute Gasteiger partial charge is 0.283 e. The summed E-state index contributed by atoms with van der Waals surface area (Å²) < 4.78 is 62.5. The van der Waals surface area contributed by atoms with E-state index >= 15 is 8.78 Å². The normalized spacial score (nSPS) is 22.0. The summed E-state index contributed by atoms with van der Waals surface area (Å²) in [6.45, 7) is 4.26. The molecule has 0 radical (unpaired) electrons. The van der Waals surface area contributed by atoms with Crippen LogP contribution in [0.15, 0.2) is 42.5 Å². The molecule has 0 saturated carbocycles. The van der Waals surface area contributed by atoms with Gasteiger partial charge in [0.25, 0.3) is 5.92 Å². The van der Waals surface area contributed by atoms with Crippen LogP contribution in [0.25, 0.3) is 10.9 Å². The molecule has 2 aliphatic rings. The number of aliphatic hydroxyl groups excluding tert-OH is 2. The van der Waals surface area contributed by atoms with E-state index in [4.69, 9.17) is 0 Å². The van der Waals surface area contributed by atoms with Crippen molar-refractivity contribution >= 4 is 10.9 Å². The summed E-state index contributed by atoms with van der Waals surface area (Å²) in [4.78, 5) is 3.58. The number of likely N-dealkylation sites (tertiary alicyclic amines) is 1. The van der Waals surface area contributed by atoms with Crippen LogP contribution in [-0.4, -0.2) is 69.3 Å². The van der Waals surface area contributed by atoms with Crippen molar-refractivity contribution in [2.24, 2.45) is 5.92 Å². The monoisotopic (exact) mass is 533 g/mol. The van der Waals surface area contributed by atoms with Gasteiger partial charge in [-0.2, -0.15) is 0 Å². The summed E-state index contributed by atoms with van der Waals surface area (Å²) in [7, 11) is 0. The molecule has 2 aromatic carbocycles. The Hall–Kier alpha value is -2.46. The van der Waals surface area contributed by atoms with E-state index in [1.54, 1.807) is 13.0 Å². The third kappa shape index (κ3) is 4.97. The van der Waals surface area contributed by atoms with Crippen LogP contribution < -0.4 is 0 Å². The zero-order valence-electron chi connectivity index (χ0n) is 21.8. The Morgan fingerprint density at radius 2 is 1.74 bits per heavy atom. The fourth-order valence-corrected chi connectivity index (χ4v) is 6.02. The van der Waals surface area contributed by atoms with Gasteiger partial charge in [-0.1, -0.05) is 31.5 Å². The lowest BCUT2D eigenvalue weighted by Crippen LogP contribution is -2.51. The number of alkyl halides is 2. The first-order chi connectivity index (χ1) is 18.1. The number of para-hydroxylation sites is 1. The maximum Gasteiger partial charge on any atom is 0.283 e. The number of fused-ring (bicyclic) bond motifs is 3. The molecule has 3 aromatic rings. The highest BCUT2D eigenvalue weighted by Gasteiger charge is 2.43. The number of rotatable bonds is 9. The van der Waals surface area contributed by atoms with Crippen molar-refractivity contribution in [2.45, 2.75) is 57.3 Å². The van der Waals surface area contributed by atoms with Crippen LogP contribution in [0.2, 0.25) is 0 Å². The van der Waals surface area contributed by atoms with Crippen molar-refractivity contribution < 1.29 is 27.8 Å². The van der Waals surface area contributed by atoms with Gasteiger partial charge >= 0.3 is 0 Å². The summed E-state index contributed by atoms with van der Waals surface area (Å²) in [5.74, 6) is -5.32. The maximum atomic E-state index is 15.8. The molecule has 0 spiro atoms. The highest BCUT2D eigenvalue weighted by Crippen LogP contribution is 2.42. The lowest BCUT2D eigenvalue weighted by molar-refractivity contribution is -0.0896. The van der Waals surface area contributed by atoms with E-state index in [1.807, 2.05) is 28.8 Å². The van der Waals surface area contributed by atoms with E-state index in [-0.39, 0.29) is 17.0 Å². The average molecular weight is 534 g/mol. The Morgan fingerprint density at radius 1 is 1.05 bits per heavy atom. The van der Waals surface area contributed by atoms with Gasteiger partial charge in [0.1, 0.15) is 18.2 Å². The van der Waals surface area contributed by atoms with Gasteiger partial charge < -0.3 is 19.7 Å². The molecule has 2 N–H and O–H groups in total. The van der Waals surface area contributed by atoms with Gasteiger partial charge in [0, 0.05) is 48.4 Å². The molecule has 3 atom stereocenters. The van der Waals surface area contributed by atoms with Gasteiger partial charge in [-0.05, 0) is 55.1 Å². The van der Waals surface area contributed by atoms with Crippen LogP contribution in [0.5, 0.6) is 0 Å². The Labute approximate surface area is 220 Å². The molecule has 1 fully saturated rings. The van der Waals surface area contributed by atoms with Crippen LogP contribution >= 0.6 is 0 Å². The third-order valence-electron chi connectivity index (χ3n) is 8.09. The topological polar surface area (TPSA) is 51.9 Å². The van der Waals surface area contributed by atoms with Crippen molar-refractivity contribution in [1.29, 1.82) is 0 Å². The third-order valence-corrected chi connectivity index (χ3v) is 8.09.